The molecule has 16 heavy (non-hydrogen) atoms. The predicted octanol–water partition coefficient (Wildman–Crippen LogP) is 2.60. The summed E-state index contributed by atoms with van der Waals surface area (Å²) < 4.78 is 11.1. The van der Waals surface area contributed by atoms with Crippen LogP contribution in [0.1, 0.15) is 24.8 Å². The standard InChI is InChI=1S/C12H15ClO3/c1-8(7-14)9-5-10(13)12-11(6-9)15-3-2-4-16-12/h5-6,8,14H,2-4,7H2,1H3. The minimum Gasteiger partial charge on any atom is -0.489 e. The van der Waals surface area contributed by atoms with Gasteiger partial charge in [0.05, 0.1) is 18.2 Å². The molecule has 1 aliphatic heterocycles. The third kappa shape index (κ3) is 2.25. The van der Waals surface area contributed by atoms with Crippen LogP contribution in [0.4, 0.5) is 0 Å². The molecule has 0 amide bonds. The summed E-state index contributed by atoms with van der Waals surface area (Å²) in [5.41, 5.74) is 0.969. The highest BCUT2D eigenvalue weighted by molar-refractivity contribution is 6.32. The molecule has 1 N–H and O–H groups in total. The Hall–Kier alpha value is -0.930. The summed E-state index contributed by atoms with van der Waals surface area (Å²) in [4.78, 5) is 0. The van der Waals surface area contributed by atoms with Crippen LogP contribution in [0.5, 0.6) is 11.5 Å². The van der Waals surface area contributed by atoms with E-state index in [1.54, 1.807) is 0 Å². The van der Waals surface area contributed by atoms with Crippen molar-refractivity contribution in [2.45, 2.75) is 19.3 Å². The van der Waals surface area contributed by atoms with Gasteiger partial charge in [-0.15, -0.1) is 0 Å². The number of rotatable bonds is 2. The molecule has 0 saturated carbocycles. The number of ether oxygens (including phenoxy) is 2. The first-order valence-electron chi connectivity index (χ1n) is 5.42. The second-order valence-corrected chi connectivity index (χ2v) is 4.37. The minimum atomic E-state index is 0.0506. The number of aliphatic hydroxyl groups is 1. The van der Waals surface area contributed by atoms with Gasteiger partial charge in [0.1, 0.15) is 0 Å². The topological polar surface area (TPSA) is 38.7 Å². The van der Waals surface area contributed by atoms with Crippen LogP contribution in [-0.2, 0) is 0 Å². The van der Waals surface area contributed by atoms with Crippen LogP contribution in [0.2, 0.25) is 5.02 Å². The molecule has 0 aromatic heterocycles. The first-order valence-corrected chi connectivity index (χ1v) is 5.80. The highest BCUT2D eigenvalue weighted by atomic mass is 35.5. The Morgan fingerprint density at radius 2 is 2.12 bits per heavy atom. The van der Waals surface area contributed by atoms with Crippen LogP contribution in [0.25, 0.3) is 0 Å². The van der Waals surface area contributed by atoms with Crippen molar-refractivity contribution >= 4 is 11.6 Å². The molecule has 3 nitrogen and oxygen atoms in total. The Kier molecular flexibility index (Phi) is 3.56. The van der Waals surface area contributed by atoms with Gasteiger partial charge in [0, 0.05) is 18.9 Å². The molecule has 1 atom stereocenters. The summed E-state index contributed by atoms with van der Waals surface area (Å²) in [5, 5.41) is 9.67. The molecule has 1 aromatic rings. The Morgan fingerprint density at radius 3 is 2.88 bits per heavy atom. The van der Waals surface area contributed by atoms with E-state index in [0.29, 0.717) is 29.7 Å². The number of benzene rings is 1. The fraction of sp³-hybridized carbons (Fsp3) is 0.500. The van der Waals surface area contributed by atoms with Crippen molar-refractivity contribution in [3.8, 4) is 11.5 Å². The van der Waals surface area contributed by atoms with Crippen molar-refractivity contribution in [1.82, 2.24) is 0 Å². The maximum atomic E-state index is 9.12. The molecular formula is C12H15ClO3. The smallest absolute Gasteiger partial charge is 0.179 e. The van der Waals surface area contributed by atoms with Gasteiger partial charge in [-0.3, -0.25) is 0 Å². The largest absolute Gasteiger partial charge is 0.489 e. The maximum absolute atomic E-state index is 9.12. The van der Waals surface area contributed by atoms with E-state index in [4.69, 9.17) is 26.2 Å². The molecule has 1 unspecified atom stereocenters. The Labute approximate surface area is 99.9 Å². The monoisotopic (exact) mass is 242 g/mol. The lowest BCUT2D eigenvalue weighted by molar-refractivity contribution is 0.272. The van der Waals surface area contributed by atoms with Gasteiger partial charge in [-0.05, 0) is 17.7 Å². The van der Waals surface area contributed by atoms with Crippen molar-refractivity contribution in [1.29, 1.82) is 0 Å². The summed E-state index contributed by atoms with van der Waals surface area (Å²) in [6.45, 7) is 3.30. The summed E-state index contributed by atoms with van der Waals surface area (Å²) in [6, 6.07) is 3.73. The summed E-state index contributed by atoms with van der Waals surface area (Å²) in [7, 11) is 0. The highest BCUT2D eigenvalue weighted by Gasteiger charge is 2.17. The Bertz CT molecular complexity index is 379. The van der Waals surface area contributed by atoms with E-state index in [1.165, 1.54) is 0 Å². The molecule has 1 heterocycles. The van der Waals surface area contributed by atoms with Crippen molar-refractivity contribution in [3.63, 3.8) is 0 Å². The molecule has 88 valence electrons. The molecule has 0 fully saturated rings. The lowest BCUT2D eigenvalue weighted by Gasteiger charge is -2.14. The average Bonchev–Trinajstić information content (AvgIpc) is 2.53. The van der Waals surface area contributed by atoms with Crippen molar-refractivity contribution < 1.29 is 14.6 Å². The zero-order valence-electron chi connectivity index (χ0n) is 9.20. The molecule has 0 bridgehead atoms. The molecule has 0 aliphatic carbocycles. The van der Waals surface area contributed by atoms with Gasteiger partial charge in [0.25, 0.3) is 0 Å². The van der Waals surface area contributed by atoms with Gasteiger partial charge in [-0.25, -0.2) is 0 Å². The normalized spacial score (nSPS) is 16.7. The van der Waals surface area contributed by atoms with Crippen molar-refractivity contribution in [2.75, 3.05) is 19.8 Å². The molecule has 4 heteroatoms. The van der Waals surface area contributed by atoms with E-state index in [9.17, 15) is 0 Å². The van der Waals surface area contributed by atoms with Crippen LogP contribution in [0.15, 0.2) is 12.1 Å². The Balaban J connectivity index is 2.39. The van der Waals surface area contributed by atoms with Crippen LogP contribution in [0.3, 0.4) is 0 Å². The van der Waals surface area contributed by atoms with Crippen molar-refractivity contribution in [3.05, 3.63) is 22.7 Å². The Morgan fingerprint density at radius 1 is 1.38 bits per heavy atom. The lowest BCUT2D eigenvalue weighted by Crippen LogP contribution is -2.01. The third-order valence-corrected chi connectivity index (χ3v) is 2.95. The molecule has 0 spiro atoms. The molecule has 0 radical (unpaired) electrons. The van der Waals surface area contributed by atoms with E-state index >= 15 is 0 Å². The first kappa shape index (κ1) is 11.6. The minimum absolute atomic E-state index is 0.0506. The van der Waals surface area contributed by atoms with E-state index in [2.05, 4.69) is 0 Å². The second kappa shape index (κ2) is 4.93. The summed E-state index contributed by atoms with van der Waals surface area (Å²) in [5.74, 6) is 1.35. The first-order chi connectivity index (χ1) is 7.72. The van der Waals surface area contributed by atoms with Gasteiger partial charge < -0.3 is 14.6 Å². The van der Waals surface area contributed by atoms with E-state index in [-0.39, 0.29) is 12.5 Å². The van der Waals surface area contributed by atoms with E-state index in [0.717, 1.165) is 12.0 Å². The fourth-order valence-electron chi connectivity index (χ4n) is 1.64. The van der Waals surface area contributed by atoms with Gasteiger partial charge >= 0.3 is 0 Å². The third-order valence-electron chi connectivity index (χ3n) is 2.67. The number of aliphatic hydroxyl groups excluding tert-OH is 1. The van der Waals surface area contributed by atoms with Gasteiger partial charge in [-0.1, -0.05) is 18.5 Å². The van der Waals surface area contributed by atoms with E-state index in [1.807, 2.05) is 19.1 Å². The van der Waals surface area contributed by atoms with Crippen LogP contribution >= 0.6 is 11.6 Å². The van der Waals surface area contributed by atoms with Gasteiger partial charge in [0.15, 0.2) is 11.5 Å². The highest BCUT2D eigenvalue weighted by Crippen LogP contribution is 2.39. The quantitative estimate of drug-likeness (QED) is 0.867. The zero-order valence-corrected chi connectivity index (χ0v) is 9.96. The van der Waals surface area contributed by atoms with Gasteiger partial charge in [-0.2, -0.15) is 0 Å². The molecule has 2 rings (SSSR count). The molecule has 1 aliphatic rings. The number of hydrogen-bond acceptors (Lipinski definition) is 3. The SMILES string of the molecule is CC(CO)c1cc(Cl)c2c(c1)OCCCO2. The molecule has 1 aromatic carbocycles. The zero-order chi connectivity index (χ0) is 11.5. The number of hydrogen-bond donors (Lipinski definition) is 1. The van der Waals surface area contributed by atoms with Crippen molar-refractivity contribution in [2.24, 2.45) is 0 Å². The lowest BCUT2D eigenvalue weighted by atomic mass is 10.0. The second-order valence-electron chi connectivity index (χ2n) is 3.96. The summed E-state index contributed by atoms with van der Waals surface area (Å²) in [6.07, 6.45) is 0.857. The van der Waals surface area contributed by atoms with Crippen LogP contribution < -0.4 is 9.47 Å². The van der Waals surface area contributed by atoms with Crippen LogP contribution in [0, 0.1) is 0 Å². The predicted molar refractivity (Wildman–Crippen MR) is 62.6 cm³/mol. The summed E-state index contributed by atoms with van der Waals surface area (Å²) >= 11 is 6.13. The van der Waals surface area contributed by atoms with Crippen LogP contribution in [-0.4, -0.2) is 24.9 Å². The average molecular weight is 243 g/mol. The van der Waals surface area contributed by atoms with E-state index < -0.39 is 0 Å². The molecule has 0 saturated heterocycles. The number of fused-ring (bicyclic) bond motifs is 1. The maximum Gasteiger partial charge on any atom is 0.179 e. The van der Waals surface area contributed by atoms with Gasteiger partial charge in [0.2, 0.25) is 0 Å². The molecular weight excluding hydrogens is 228 g/mol. The fourth-order valence-corrected chi connectivity index (χ4v) is 1.91. The number of halogens is 1.